The Labute approximate surface area is 102 Å². The van der Waals surface area contributed by atoms with Gasteiger partial charge in [-0.25, -0.2) is 12.8 Å². The van der Waals surface area contributed by atoms with Gasteiger partial charge in [-0.3, -0.25) is 0 Å². The smallest absolute Gasteiger partial charge is 0.151 e. The first-order valence-corrected chi connectivity index (χ1v) is 7.43. The van der Waals surface area contributed by atoms with Crippen LogP contribution in [0.3, 0.4) is 0 Å². The van der Waals surface area contributed by atoms with E-state index in [9.17, 15) is 12.8 Å². The molecule has 0 amide bonds. The lowest BCUT2D eigenvalue weighted by atomic mass is 10.2. The van der Waals surface area contributed by atoms with Crippen LogP contribution < -0.4 is 5.32 Å². The summed E-state index contributed by atoms with van der Waals surface area (Å²) < 4.78 is 35.4. The van der Waals surface area contributed by atoms with Gasteiger partial charge in [-0.05, 0) is 24.6 Å². The minimum Gasteiger partial charge on any atom is -0.309 e. The number of hydrogen-bond acceptors (Lipinski definition) is 3. The zero-order chi connectivity index (χ0) is 12.9. The molecule has 0 bridgehead atoms. The van der Waals surface area contributed by atoms with Gasteiger partial charge in [-0.2, -0.15) is 0 Å². The van der Waals surface area contributed by atoms with Crippen molar-refractivity contribution in [3.8, 4) is 0 Å². The Morgan fingerprint density at radius 3 is 2.41 bits per heavy atom. The van der Waals surface area contributed by atoms with Crippen molar-refractivity contribution in [1.29, 1.82) is 0 Å². The fourth-order valence-electron chi connectivity index (χ4n) is 1.45. The first-order valence-electron chi connectivity index (χ1n) is 5.61. The predicted octanol–water partition coefficient (Wildman–Crippen LogP) is 1.74. The van der Waals surface area contributed by atoms with Crippen LogP contribution in [0.15, 0.2) is 24.3 Å². The van der Waals surface area contributed by atoms with Crippen LogP contribution >= 0.6 is 0 Å². The highest BCUT2D eigenvalue weighted by Gasteiger charge is 2.12. The predicted molar refractivity (Wildman–Crippen MR) is 67.0 cm³/mol. The molecule has 0 fully saturated rings. The summed E-state index contributed by atoms with van der Waals surface area (Å²) in [4.78, 5) is 0. The van der Waals surface area contributed by atoms with Gasteiger partial charge >= 0.3 is 0 Å². The highest BCUT2D eigenvalue weighted by Crippen LogP contribution is 2.03. The first kappa shape index (κ1) is 14.1. The van der Waals surface area contributed by atoms with E-state index in [1.54, 1.807) is 19.1 Å². The Kier molecular flexibility index (Phi) is 5.08. The summed E-state index contributed by atoms with van der Waals surface area (Å²) in [5.74, 6) is 0.0237. The van der Waals surface area contributed by atoms with Crippen molar-refractivity contribution in [3.63, 3.8) is 0 Å². The van der Waals surface area contributed by atoms with Crippen molar-refractivity contribution in [3.05, 3.63) is 35.6 Å². The molecule has 0 heterocycles. The van der Waals surface area contributed by atoms with E-state index in [-0.39, 0.29) is 23.4 Å². The van der Waals surface area contributed by atoms with Gasteiger partial charge in [-0.15, -0.1) is 0 Å². The first-order chi connectivity index (χ1) is 7.93. The molecule has 96 valence electrons. The van der Waals surface area contributed by atoms with E-state index in [1.807, 2.05) is 6.92 Å². The minimum atomic E-state index is -2.95. The van der Waals surface area contributed by atoms with Crippen molar-refractivity contribution in [2.75, 3.05) is 11.5 Å². The van der Waals surface area contributed by atoms with Gasteiger partial charge in [0.25, 0.3) is 0 Å². The highest BCUT2D eigenvalue weighted by molar-refractivity contribution is 7.91. The second-order valence-electron chi connectivity index (χ2n) is 4.11. The summed E-state index contributed by atoms with van der Waals surface area (Å²) in [5, 5.41) is 3.11. The molecule has 17 heavy (non-hydrogen) atoms. The molecule has 0 aliphatic carbocycles. The van der Waals surface area contributed by atoms with Crippen LogP contribution in [0.25, 0.3) is 0 Å². The van der Waals surface area contributed by atoms with Crippen molar-refractivity contribution >= 4 is 9.84 Å². The molecule has 1 unspecified atom stereocenters. The molecule has 1 atom stereocenters. The van der Waals surface area contributed by atoms with Gasteiger partial charge in [-0.1, -0.05) is 19.1 Å². The van der Waals surface area contributed by atoms with Crippen LogP contribution in [0.5, 0.6) is 0 Å². The van der Waals surface area contributed by atoms with Gasteiger partial charge in [0.2, 0.25) is 0 Å². The lowest BCUT2D eigenvalue weighted by molar-refractivity contribution is 0.556. The second-order valence-corrected chi connectivity index (χ2v) is 6.51. The molecule has 1 N–H and O–H groups in total. The minimum absolute atomic E-state index is 0.106. The van der Waals surface area contributed by atoms with Gasteiger partial charge in [0.05, 0.1) is 5.75 Å². The molecule has 0 radical (unpaired) electrons. The lowest BCUT2D eigenvalue weighted by Crippen LogP contribution is -2.33. The molecular formula is C12H18FNO2S. The van der Waals surface area contributed by atoms with Gasteiger partial charge in [0, 0.05) is 18.3 Å². The quantitative estimate of drug-likeness (QED) is 0.846. The Morgan fingerprint density at radius 1 is 1.29 bits per heavy atom. The molecule has 0 aromatic heterocycles. The highest BCUT2D eigenvalue weighted by atomic mass is 32.2. The normalized spacial score (nSPS) is 13.6. The summed E-state index contributed by atoms with van der Waals surface area (Å²) in [6, 6.07) is 6.05. The van der Waals surface area contributed by atoms with E-state index >= 15 is 0 Å². The van der Waals surface area contributed by atoms with Crippen molar-refractivity contribution in [1.82, 2.24) is 5.32 Å². The molecule has 1 rings (SSSR count). The number of halogens is 1. The molecule has 1 aromatic rings. The summed E-state index contributed by atoms with van der Waals surface area (Å²) in [5.41, 5.74) is 0.937. The summed E-state index contributed by atoms with van der Waals surface area (Å²) in [6.45, 7) is 4.01. The maximum Gasteiger partial charge on any atom is 0.151 e. The third kappa shape index (κ3) is 5.28. The van der Waals surface area contributed by atoms with E-state index in [0.29, 0.717) is 6.54 Å². The molecule has 0 saturated heterocycles. The Hall–Kier alpha value is -0.940. The number of nitrogens with one attached hydrogen (secondary N) is 1. The van der Waals surface area contributed by atoms with E-state index in [0.717, 1.165) is 5.56 Å². The van der Waals surface area contributed by atoms with Crippen LogP contribution in [0, 0.1) is 5.82 Å². The van der Waals surface area contributed by atoms with Crippen LogP contribution in [0.1, 0.15) is 19.4 Å². The van der Waals surface area contributed by atoms with Crippen LogP contribution in [-0.2, 0) is 16.4 Å². The average molecular weight is 259 g/mol. The molecule has 0 spiro atoms. The fraction of sp³-hybridized carbons (Fsp3) is 0.500. The Bertz CT molecular complexity index is 442. The third-order valence-corrected chi connectivity index (χ3v) is 4.40. The number of rotatable bonds is 6. The maximum atomic E-state index is 12.7. The van der Waals surface area contributed by atoms with Crippen LogP contribution in [0.2, 0.25) is 0 Å². The largest absolute Gasteiger partial charge is 0.309 e. The molecule has 0 aliphatic rings. The lowest BCUT2D eigenvalue weighted by Gasteiger charge is -2.13. The van der Waals surface area contributed by atoms with Gasteiger partial charge in [0.1, 0.15) is 5.82 Å². The van der Waals surface area contributed by atoms with Gasteiger partial charge < -0.3 is 5.32 Å². The van der Waals surface area contributed by atoms with E-state index in [2.05, 4.69) is 5.32 Å². The number of benzene rings is 1. The Morgan fingerprint density at radius 2 is 1.88 bits per heavy atom. The molecule has 1 aromatic carbocycles. The third-order valence-electron chi connectivity index (χ3n) is 2.51. The van der Waals surface area contributed by atoms with E-state index in [4.69, 9.17) is 0 Å². The monoisotopic (exact) mass is 259 g/mol. The van der Waals surface area contributed by atoms with Crippen LogP contribution in [-0.4, -0.2) is 26.0 Å². The number of hydrogen-bond donors (Lipinski definition) is 1. The van der Waals surface area contributed by atoms with Crippen molar-refractivity contribution in [2.45, 2.75) is 26.4 Å². The van der Waals surface area contributed by atoms with Crippen molar-refractivity contribution < 1.29 is 12.8 Å². The molecule has 3 nitrogen and oxygen atoms in total. The molecule has 0 aliphatic heterocycles. The zero-order valence-corrected chi connectivity index (χ0v) is 10.9. The molecule has 5 heteroatoms. The van der Waals surface area contributed by atoms with E-state index < -0.39 is 9.84 Å². The van der Waals surface area contributed by atoms with Crippen molar-refractivity contribution in [2.24, 2.45) is 0 Å². The Balaban J connectivity index is 2.43. The number of sulfone groups is 1. The summed E-state index contributed by atoms with van der Waals surface area (Å²) in [7, 11) is -2.95. The maximum absolute atomic E-state index is 12.7. The second kappa shape index (κ2) is 6.12. The van der Waals surface area contributed by atoms with Crippen LogP contribution in [0.4, 0.5) is 4.39 Å². The van der Waals surface area contributed by atoms with Gasteiger partial charge in [0.15, 0.2) is 9.84 Å². The fourth-order valence-corrected chi connectivity index (χ4v) is 2.57. The average Bonchev–Trinajstić information content (AvgIpc) is 2.28. The van der Waals surface area contributed by atoms with E-state index in [1.165, 1.54) is 12.1 Å². The SMILES string of the molecule is CCS(=O)(=O)CC(C)NCc1ccc(F)cc1. The summed E-state index contributed by atoms with van der Waals surface area (Å²) in [6.07, 6.45) is 0. The molecular weight excluding hydrogens is 241 g/mol. The summed E-state index contributed by atoms with van der Waals surface area (Å²) >= 11 is 0. The topological polar surface area (TPSA) is 46.2 Å². The molecule has 0 saturated carbocycles. The zero-order valence-electron chi connectivity index (χ0n) is 10.1. The standard InChI is InChI=1S/C12H18FNO2S/c1-3-17(15,16)9-10(2)14-8-11-4-6-12(13)7-5-11/h4-7,10,14H,3,8-9H2,1-2H3.